The lowest BCUT2D eigenvalue weighted by Crippen LogP contribution is -2.40. The van der Waals surface area contributed by atoms with Gasteiger partial charge in [-0.3, -0.25) is 4.79 Å². The molecule has 2 aromatic rings. The highest BCUT2D eigenvalue weighted by Gasteiger charge is 2.19. The van der Waals surface area contributed by atoms with Gasteiger partial charge in [-0.2, -0.15) is 0 Å². The maximum atomic E-state index is 13.7. The lowest BCUT2D eigenvalue weighted by atomic mass is 10.2. The lowest BCUT2D eigenvalue weighted by molar-refractivity contribution is -0.118. The molecule has 0 bridgehead atoms. The summed E-state index contributed by atoms with van der Waals surface area (Å²) in [6, 6.07) is 8.34. The number of nitrogens with two attached hydrogens (primary N) is 1. The van der Waals surface area contributed by atoms with Crippen molar-refractivity contribution in [1.29, 1.82) is 0 Å². The van der Waals surface area contributed by atoms with Crippen LogP contribution in [0.3, 0.4) is 0 Å². The molecule has 9 heteroatoms. The molecule has 0 saturated heterocycles. The van der Waals surface area contributed by atoms with Gasteiger partial charge in [-0.1, -0.05) is 19.8 Å². The molecule has 0 radical (unpaired) electrons. The first-order chi connectivity index (χ1) is 15.4. The molecule has 32 heavy (non-hydrogen) atoms. The topological polar surface area (TPSA) is 103 Å². The molecule has 0 saturated carbocycles. The predicted octanol–water partition coefficient (Wildman–Crippen LogP) is 3.93. The fourth-order valence-electron chi connectivity index (χ4n) is 3.07. The third kappa shape index (κ3) is 7.33. The van der Waals surface area contributed by atoms with Crippen LogP contribution in [0, 0.1) is 5.82 Å². The van der Waals surface area contributed by atoms with E-state index >= 15 is 0 Å². The number of urea groups is 1. The van der Waals surface area contributed by atoms with E-state index in [0.717, 1.165) is 19.3 Å². The van der Waals surface area contributed by atoms with Gasteiger partial charge in [-0.15, -0.1) is 0 Å². The molecule has 2 rings (SSSR count). The van der Waals surface area contributed by atoms with Gasteiger partial charge in [0.15, 0.2) is 11.5 Å². The van der Waals surface area contributed by atoms with Gasteiger partial charge in [0.2, 0.25) is 5.91 Å². The number of nitrogens with one attached hydrogen (secondary N) is 1. The zero-order valence-corrected chi connectivity index (χ0v) is 18.7. The average molecular weight is 448 g/mol. The number of carbonyl (C=O) groups excluding carboxylic acids is 2. The maximum absolute atomic E-state index is 13.7. The minimum absolute atomic E-state index is 0.0771. The summed E-state index contributed by atoms with van der Waals surface area (Å²) < 4.78 is 30.1. The molecule has 0 aliphatic rings. The Bertz CT molecular complexity index is 923. The van der Waals surface area contributed by atoms with Crippen LogP contribution in [0.2, 0.25) is 0 Å². The minimum atomic E-state index is -0.704. The van der Waals surface area contributed by atoms with Gasteiger partial charge in [0.25, 0.3) is 0 Å². The van der Waals surface area contributed by atoms with Crippen LogP contribution in [-0.2, 0) is 11.3 Å². The number of anilines is 1. The van der Waals surface area contributed by atoms with Gasteiger partial charge < -0.3 is 30.2 Å². The summed E-state index contributed by atoms with van der Waals surface area (Å²) in [5.74, 6) is 0.235. The molecule has 8 nitrogen and oxygen atoms in total. The summed E-state index contributed by atoms with van der Waals surface area (Å²) in [5.41, 5.74) is 6.17. The van der Waals surface area contributed by atoms with Crippen molar-refractivity contribution in [3.63, 3.8) is 0 Å². The van der Waals surface area contributed by atoms with Crippen molar-refractivity contribution in [2.45, 2.75) is 32.7 Å². The van der Waals surface area contributed by atoms with E-state index in [-0.39, 0.29) is 13.1 Å². The Balaban J connectivity index is 2.18. The highest BCUT2D eigenvalue weighted by molar-refractivity contribution is 5.92. The van der Waals surface area contributed by atoms with Crippen LogP contribution in [0.15, 0.2) is 36.4 Å². The number of halogens is 1. The first kappa shape index (κ1) is 24.8. The second-order valence-corrected chi connectivity index (χ2v) is 7.13. The standard InChI is InChI=1S/C23H30FN3O5/c1-4-5-6-11-32-21-13-18(8-10-20(21)31-3)26-23(29)27(15-22(25)28)14-16-12-17(24)7-9-19(16)30-2/h7-10,12-13H,4-6,11,14-15H2,1-3H3,(H2,25,28)(H,26,29). The molecule has 0 spiro atoms. The molecule has 174 valence electrons. The van der Waals surface area contributed by atoms with Gasteiger partial charge in [-0.25, -0.2) is 9.18 Å². The fraction of sp³-hybridized carbons (Fsp3) is 0.391. The normalized spacial score (nSPS) is 10.4. The van der Waals surface area contributed by atoms with E-state index in [1.54, 1.807) is 18.2 Å². The molecule has 3 amide bonds. The Morgan fingerprint density at radius 1 is 1.03 bits per heavy atom. The third-order valence-corrected chi connectivity index (χ3v) is 4.66. The van der Waals surface area contributed by atoms with Gasteiger partial charge in [0.05, 0.1) is 27.4 Å². The summed E-state index contributed by atoms with van der Waals surface area (Å²) in [6.45, 7) is 2.19. The molecule has 3 N–H and O–H groups in total. The van der Waals surface area contributed by atoms with Gasteiger partial charge in [0, 0.05) is 17.3 Å². The first-order valence-corrected chi connectivity index (χ1v) is 10.3. The van der Waals surface area contributed by atoms with E-state index in [9.17, 15) is 14.0 Å². The van der Waals surface area contributed by atoms with E-state index in [0.29, 0.717) is 35.1 Å². The van der Waals surface area contributed by atoms with E-state index in [1.165, 1.54) is 37.3 Å². The molecule has 0 unspecified atom stereocenters. The summed E-state index contributed by atoms with van der Waals surface area (Å²) >= 11 is 0. The van der Waals surface area contributed by atoms with Crippen molar-refractivity contribution >= 4 is 17.6 Å². The molecule has 0 aliphatic carbocycles. The SMILES string of the molecule is CCCCCOc1cc(NC(=O)N(CC(N)=O)Cc2cc(F)ccc2OC)ccc1OC. The molecule has 0 aliphatic heterocycles. The molecule has 0 fully saturated rings. The van der Waals surface area contributed by atoms with Crippen LogP contribution in [0.1, 0.15) is 31.7 Å². The minimum Gasteiger partial charge on any atom is -0.496 e. The van der Waals surface area contributed by atoms with Crippen LogP contribution in [0.4, 0.5) is 14.9 Å². The molecule has 0 atom stereocenters. The Morgan fingerprint density at radius 2 is 1.75 bits per heavy atom. The van der Waals surface area contributed by atoms with E-state index in [2.05, 4.69) is 12.2 Å². The number of hydrogen-bond donors (Lipinski definition) is 2. The van der Waals surface area contributed by atoms with Crippen molar-refractivity contribution in [1.82, 2.24) is 4.90 Å². The highest BCUT2D eigenvalue weighted by Crippen LogP contribution is 2.31. The van der Waals surface area contributed by atoms with Crippen molar-refractivity contribution in [3.8, 4) is 17.2 Å². The maximum Gasteiger partial charge on any atom is 0.322 e. The van der Waals surface area contributed by atoms with Crippen LogP contribution >= 0.6 is 0 Å². The molecule has 0 aromatic heterocycles. The number of amides is 3. The Morgan fingerprint density at radius 3 is 2.41 bits per heavy atom. The number of unbranched alkanes of at least 4 members (excludes halogenated alkanes) is 2. The Kier molecular flexibility index (Phi) is 9.59. The van der Waals surface area contributed by atoms with Crippen LogP contribution in [0.25, 0.3) is 0 Å². The van der Waals surface area contributed by atoms with Crippen LogP contribution in [0.5, 0.6) is 17.2 Å². The number of methoxy groups -OCH3 is 2. The Hall–Kier alpha value is -3.49. The van der Waals surface area contributed by atoms with Crippen LogP contribution in [-0.4, -0.2) is 44.2 Å². The highest BCUT2D eigenvalue weighted by atomic mass is 19.1. The van der Waals surface area contributed by atoms with E-state index < -0.39 is 17.8 Å². The van der Waals surface area contributed by atoms with Crippen LogP contribution < -0.4 is 25.3 Å². The molecule has 2 aromatic carbocycles. The lowest BCUT2D eigenvalue weighted by Gasteiger charge is -2.23. The summed E-state index contributed by atoms with van der Waals surface area (Å²) in [4.78, 5) is 25.6. The number of benzene rings is 2. The largest absolute Gasteiger partial charge is 0.496 e. The van der Waals surface area contributed by atoms with E-state index in [4.69, 9.17) is 19.9 Å². The van der Waals surface area contributed by atoms with Crippen molar-refractivity contribution in [2.75, 3.05) is 32.7 Å². The molecular formula is C23H30FN3O5. The smallest absolute Gasteiger partial charge is 0.322 e. The fourth-order valence-corrected chi connectivity index (χ4v) is 3.07. The number of hydrogen-bond acceptors (Lipinski definition) is 5. The Labute approximate surface area is 187 Å². The third-order valence-electron chi connectivity index (χ3n) is 4.66. The molecular weight excluding hydrogens is 417 g/mol. The van der Waals surface area contributed by atoms with Gasteiger partial charge >= 0.3 is 6.03 Å². The van der Waals surface area contributed by atoms with Gasteiger partial charge in [0.1, 0.15) is 18.1 Å². The van der Waals surface area contributed by atoms with Crippen molar-refractivity contribution < 1.29 is 28.2 Å². The van der Waals surface area contributed by atoms with Crippen molar-refractivity contribution in [2.24, 2.45) is 5.73 Å². The number of rotatable bonds is 12. The number of primary amides is 1. The summed E-state index contributed by atoms with van der Waals surface area (Å²) in [6.07, 6.45) is 3.02. The zero-order chi connectivity index (χ0) is 23.5. The average Bonchev–Trinajstić information content (AvgIpc) is 2.76. The predicted molar refractivity (Wildman–Crippen MR) is 120 cm³/mol. The number of carbonyl (C=O) groups is 2. The number of ether oxygens (including phenoxy) is 3. The number of nitrogens with zero attached hydrogens (tertiary/aromatic N) is 1. The summed E-state index contributed by atoms with van der Waals surface area (Å²) in [7, 11) is 2.97. The zero-order valence-electron chi connectivity index (χ0n) is 18.7. The van der Waals surface area contributed by atoms with Gasteiger partial charge in [-0.05, 0) is 36.8 Å². The second kappa shape index (κ2) is 12.4. The van der Waals surface area contributed by atoms with E-state index in [1.807, 2.05) is 0 Å². The summed E-state index contributed by atoms with van der Waals surface area (Å²) in [5, 5.41) is 2.72. The monoisotopic (exact) mass is 447 g/mol. The van der Waals surface area contributed by atoms with Crippen molar-refractivity contribution in [3.05, 3.63) is 47.8 Å². The second-order valence-electron chi connectivity index (χ2n) is 7.13. The quantitative estimate of drug-likeness (QED) is 0.480. The molecule has 0 heterocycles. The first-order valence-electron chi connectivity index (χ1n) is 10.3.